The van der Waals surface area contributed by atoms with Gasteiger partial charge in [-0.15, -0.1) is 0 Å². The van der Waals surface area contributed by atoms with Gasteiger partial charge in [-0.05, 0) is 36.2 Å². The fourth-order valence-electron chi connectivity index (χ4n) is 4.02. The summed E-state index contributed by atoms with van der Waals surface area (Å²) in [6.45, 7) is 6.86. The van der Waals surface area contributed by atoms with Gasteiger partial charge in [-0.2, -0.15) is 5.10 Å². The van der Waals surface area contributed by atoms with Gasteiger partial charge in [0.15, 0.2) is 5.65 Å². The first-order chi connectivity index (χ1) is 15.2. The summed E-state index contributed by atoms with van der Waals surface area (Å²) in [4.78, 5) is 18.2. The Morgan fingerprint density at radius 3 is 2.55 bits per heavy atom. The first-order valence-electron chi connectivity index (χ1n) is 10.4. The summed E-state index contributed by atoms with van der Waals surface area (Å²) in [5.41, 5.74) is 5.29. The average molecular weight is 416 g/mol. The van der Waals surface area contributed by atoms with E-state index in [4.69, 9.17) is 9.72 Å². The number of hydrogen-bond acceptors (Lipinski definition) is 7. The molecule has 8 nitrogen and oxygen atoms in total. The zero-order chi connectivity index (χ0) is 21.2. The van der Waals surface area contributed by atoms with E-state index in [2.05, 4.69) is 56.1 Å². The molecule has 0 N–H and O–H groups in total. The maximum atomic E-state index is 5.14. The van der Waals surface area contributed by atoms with Crippen LogP contribution < -0.4 is 9.64 Å². The van der Waals surface area contributed by atoms with Crippen LogP contribution >= 0.6 is 0 Å². The summed E-state index contributed by atoms with van der Waals surface area (Å²) >= 11 is 0. The number of aryl methyl sites for hydroxylation is 1. The maximum absolute atomic E-state index is 5.14. The third-order valence-corrected chi connectivity index (χ3v) is 5.68. The van der Waals surface area contributed by atoms with Crippen LogP contribution in [0.3, 0.4) is 0 Å². The Labute approximate surface area is 181 Å². The largest absolute Gasteiger partial charge is 0.481 e. The second-order valence-corrected chi connectivity index (χ2v) is 7.84. The molecular weight excluding hydrogens is 390 g/mol. The Morgan fingerprint density at radius 2 is 1.84 bits per heavy atom. The average Bonchev–Trinajstić information content (AvgIpc) is 3.28. The van der Waals surface area contributed by atoms with E-state index in [0.29, 0.717) is 5.88 Å². The molecular formula is C23H25N7O. The molecule has 0 atom stereocenters. The number of rotatable bonds is 5. The molecule has 1 aliphatic heterocycles. The van der Waals surface area contributed by atoms with Crippen molar-refractivity contribution in [2.75, 3.05) is 38.2 Å². The Kier molecular flexibility index (Phi) is 5.21. The van der Waals surface area contributed by atoms with Crippen molar-refractivity contribution in [3.05, 3.63) is 66.4 Å². The number of fused-ring (bicyclic) bond motifs is 1. The van der Waals surface area contributed by atoms with Crippen molar-refractivity contribution in [2.45, 2.75) is 13.5 Å². The van der Waals surface area contributed by atoms with Crippen molar-refractivity contribution in [3.63, 3.8) is 0 Å². The van der Waals surface area contributed by atoms with Crippen LogP contribution in [0.1, 0.15) is 11.1 Å². The minimum Gasteiger partial charge on any atom is -0.481 e. The van der Waals surface area contributed by atoms with Crippen LogP contribution in [0.5, 0.6) is 5.88 Å². The van der Waals surface area contributed by atoms with Crippen LogP contribution in [-0.2, 0) is 6.54 Å². The lowest BCUT2D eigenvalue weighted by atomic mass is 10.1. The normalized spacial score (nSPS) is 14.8. The second kappa shape index (κ2) is 8.31. The van der Waals surface area contributed by atoms with E-state index in [9.17, 15) is 0 Å². The zero-order valence-corrected chi connectivity index (χ0v) is 17.8. The predicted octanol–water partition coefficient (Wildman–Crippen LogP) is 2.83. The molecule has 0 spiro atoms. The molecule has 0 amide bonds. The van der Waals surface area contributed by atoms with Crippen LogP contribution in [0.15, 0.2) is 55.2 Å². The number of methoxy groups -OCH3 is 1. The smallest absolute Gasteiger partial charge is 0.212 e. The van der Waals surface area contributed by atoms with Gasteiger partial charge in [0.05, 0.1) is 7.11 Å². The molecule has 4 aromatic rings. The molecule has 0 saturated carbocycles. The topological polar surface area (TPSA) is 71.7 Å². The Balaban J connectivity index is 1.24. The van der Waals surface area contributed by atoms with E-state index < -0.39 is 0 Å². The van der Waals surface area contributed by atoms with Crippen molar-refractivity contribution in [1.82, 2.24) is 29.5 Å². The monoisotopic (exact) mass is 415 g/mol. The lowest BCUT2D eigenvalue weighted by molar-refractivity contribution is 0.249. The standard InChI is InChI=1S/C23H25N7O/c1-17-11-20(23-26-16-27-30(23)14-17)19-4-5-21(24-13-19)29-9-7-28(8-10-29)15-18-3-6-22(31-2)25-12-18/h3-6,11-14,16H,7-10,15H2,1-2H3. The minimum atomic E-state index is 0.651. The first-order valence-corrected chi connectivity index (χ1v) is 10.4. The summed E-state index contributed by atoms with van der Waals surface area (Å²) in [6.07, 6.45) is 7.40. The lowest BCUT2D eigenvalue weighted by Gasteiger charge is -2.35. The molecule has 1 fully saturated rings. The summed E-state index contributed by atoms with van der Waals surface area (Å²) in [5, 5.41) is 4.26. The fourth-order valence-corrected chi connectivity index (χ4v) is 4.02. The third-order valence-electron chi connectivity index (χ3n) is 5.68. The number of anilines is 1. The van der Waals surface area contributed by atoms with E-state index in [0.717, 1.165) is 60.9 Å². The van der Waals surface area contributed by atoms with Gasteiger partial charge in [0.1, 0.15) is 12.1 Å². The number of piperazine rings is 1. The molecule has 0 aliphatic carbocycles. The summed E-state index contributed by atoms with van der Waals surface area (Å²) < 4.78 is 6.95. The van der Waals surface area contributed by atoms with Gasteiger partial charge < -0.3 is 9.64 Å². The highest BCUT2D eigenvalue weighted by Crippen LogP contribution is 2.26. The van der Waals surface area contributed by atoms with Crippen LogP contribution in [0, 0.1) is 6.92 Å². The van der Waals surface area contributed by atoms with E-state index >= 15 is 0 Å². The number of ether oxygens (including phenoxy) is 1. The van der Waals surface area contributed by atoms with Crippen LogP contribution in [0.2, 0.25) is 0 Å². The molecule has 1 saturated heterocycles. The molecule has 5 heterocycles. The van der Waals surface area contributed by atoms with Crippen LogP contribution in [-0.4, -0.2) is 62.8 Å². The molecule has 1 aliphatic rings. The van der Waals surface area contributed by atoms with Gasteiger partial charge in [-0.1, -0.05) is 6.07 Å². The van der Waals surface area contributed by atoms with Crippen molar-refractivity contribution in [3.8, 4) is 17.0 Å². The van der Waals surface area contributed by atoms with E-state index in [1.165, 1.54) is 5.56 Å². The molecule has 31 heavy (non-hydrogen) atoms. The van der Waals surface area contributed by atoms with Gasteiger partial charge in [0.2, 0.25) is 5.88 Å². The molecule has 158 valence electrons. The Hall–Kier alpha value is -3.52. The molecule has 0 unspecified atom stereocenters. The Bertz CT molecular complexity index is 1160. The highest BCUT2D eigenvalue weighted by atomic mass is 16.5. The highest BCUT2D eigenvalue weighted by Gasteiger charge is 2.18. The molecule has 5 rings (SSSR count). The van der Waals surface area contributed by atoms with Crippen LogP contribution in [0.25, 0.3) is 16.8 Å². The quantitative estimate of drug-likeness (QED) is 0.496. The van der Waals surface area contributed by atoms with Gasteiger partial charge >= 0.3 is 0 Å². The number of hydrogen-bond donors (Lipinski definition) is 0. The number of nitrogens with zero attached hydrogens (tertiary/aromatic N) is 7. The minimum absolute atomic E-state index is 0.651. The molecule has 8 heteroatoms. The van der Waals surface area contributed by atoms with Crippen molar-refractivity contribution in [2.24, 2.45) is 0 Å². The first kappa shape index (κ1) is 19.4. The van der Waals surface area contributed by atoms with Crippen molar-refractivity contribution < 1.29 is 4.74 Å². The maximum Gasteiger partial charge on any atom is 0.212 e. The SMILES string of the molecule is COc1ccc(CN2CCN(c3ccc(-c4cc(C)cn5ncnc45)cn3)CC2)cn1. The van der Waals surface area contributed by atoms with E-state index in [-0.39, 0.29) is 0 Å². The van der Waals surface area contributed by atoms with Crippen molar-refractivity contribution in [1.29, 1.82) is 0 Å². The number of pyridine rings is 3. The van der Waals surface area contributed by atoms with Gasteiger partial charge in [-0.3, -0.25) is 4.90 Å². The predicted molar refractivity (Wildman–Crippen MR) is 119 cm³/mol. The summed E-state index contributed by atoms with van der Waals surface area (Å²) in [5.74, 6) is 1.66. The molecule has 0 bridgehead atoms. The van der Waals surface area contributed by atoms with Gasteiger partial charge in [0, 0.05) is 68.5 Å². The number of aromatic nitrogens is 5. The summed E-state index contributed by atoms with van der Waals surface area (Å²) in [7, 11) is 1.64. The third kappa shape index (κ3) is 4.06. The molecule has 4 aromatic heterocycles. The zero-order valence-electron chi connectivity index (χ0n) is 17.8. The van der Waals surface area contributed by atoms with Crippen molar-refractivity contribution >= 4 is 11.5 Å². The molecule has 0 radical (unpaired) electrons. The summed E-state index contributed by atoms with van der Waals surface area (Å²) in [6, 6.07) is 10.4. The van der Waals surface area contributed by atoms with E-state index in [1.807, 2.05) is 29.2 Å². The lowest BCUT2D eigenvalue weighted by Crippen LogP contribution is -2.46. The van der Waals surface area contributed by atoms with E-state index in [1.54, 1.807) is 13.4 Å². The van der Waals surface area contributed by atoms with Gasteiger partial charge in [-0.25, -0.2) is 19.5 Å². The second-order valence-electron chi connectivity index (χ2n) is 7.84. The fraction of sp³-hybridized carbons (Fsp3) is 0.304. The van der Waals surface area contributed by atoms with Gasteiger partial charge in [0.25, 0.3) is 0 Å². The molecule has 0 aromatic carbocycles. The highest BCUT2D eigenvalue weighted by molar-refractivity contribution is 5.77. The van der Waals surface area contributed by atoms with Crippen LogP contribution in [0.4, 0.5) is 5.82 Å². The Morgan fingerprint density at radius 1 is 0.968 bits per heavy atom.